The van der Waals surface area contributed by atoms with Crippen molar-refractivity contribution in [3.05, 3.63) is 34.8 Å². The molecule has 0 unspecified atom stereocenters. The fraction of sp³-hybridized carbons (Fsp3) is 0.125. The van der Waals surface area contributed by atoms with Crippen LogP contribution in [0.1, 0.15) is 5.69 Å². The first-order valence-corrected chi connectivity index (χ1v) is 4.87. The fourth-order valence-electron chi connectivity index (χ4n) is 1.09. The zero-order valence-corrected chi connectivity index (χ0v) is 9.20. The van der Waals surface area contributed by atoms with Gasteiger partial charge in [0.25, 0.3) is 5.95 Å². The second kappa shape index (κ2) is 3.85. The first-order chi connectivity index (χ1) is 7.48. The summed E-state index contributed by atoms with van der Waals surface area (Å²) in [5, 5.41) is 3.54. The SMILES string of the molecule is FC(F)(F)c1ccnn1-c1ncc(Br)cn1. The number of nitrogens with zero attached hydrogens (tertiary/aromatic N) is 4. The Morgan fingerprint density at radius 3 is 2.38 bits per heavy atom. The van der Waals surface area contributed by atoms with Crippen molar-refractivity contribution in [1.82, 2.24) is 19.7 Å². The van der Waals surface area contributed by atoms with Crippen LogP contribution in [0, 0.1) is 0 Å². The van der Waals surface area contributed by atoms with Gasteiger partial charge in [0.2, 0.25) is 0 Å². The smallest absolute Gasteiger partial charge is 0.218 e. The predicted octanol–water partition coefficient (Wildman–Crippen LogP) is 2.44. The molecule has 8 heteroatoms. The molecule has 0 aliphatic carbocycles. The monoisotopic (exact) mass is 292 g/mol. The minimum Gasteiger partial charge on any atom is -0.218 e. The van der Waals surface area contributed by atoms with E-state index in [0.29, 0.717) is 9.15 Å². The number of halogens is 4. The van der Waals surface area contributed by atoms with Gasteiger partial charge in [0.15, 0.2) is 5.69 Å². The maximum atomic E-state index is 12.5. The van der Waals surface area contributed by atoms with Crippen LogP contribution in [0.15, 0.2) is 29.1 Å². The van der Waals surface area contributed by atoms with Crippen molar-refractivity contribution >= 4 is 15.9 Å². The summed E-state index contributed by atoms with van der Waals surface area (Å²) >= 11 is 3.09. The van der Waals surface area contributed by atoms with Gasteiger partial charge in [-0.05, 0) is 22.0 Å². The van der Waals surface area contributed by atoms with Crippen LogP contribution in [0.4, 0.5) is 13.2 Å². The number of aromatic nitrogens is 4. The molecule has 0 aromatic carbocycles. The summed E-state index contributed by atoms with van der Waals surface area (Å²) < 4.78 is 38.8. The molecule has 2 aromatic rings. The Kier molecular flexibility index (Phi) is 2.66. The molecule has 0 saturated carbocycles. The van der Waals surface area contributed by atoms with Crippen LogP contribution in [-0.2, 0) is 6.18 Å². The van der Waals surface area contributed by atoms with E-state index in [1.54, 1.807) is 0 Å². The fourth-order valence-corrected chi connectivity index (χ4v) is 1.30. The van der Waals surface area contributed by atoms with Gasteiger partial charge < -0.3 is 0 Å². The average Bonchev–Trinajstić information content (AvgIpc) is 2.66. The van der Waals surface area contributed by atoms with Gasteiger partial charge in [0, 0.05) is 12.4 Å². The summed E-state index contributed by atoms with van der Waals surface area (Å²) in [5.41, 5.74) is -0.908. The highest BCUT2D eigenvalue weighted by molar-refractivity contribution is 9.10. The van der Waals surface area contributed by atoms with E-state index < -0.39 is 11.9 Å². The topological polar surface area (TPSA) is 43.6 Å². The molecule has 2 rings (SSSR count). The second-order valence-electron chi connectivity index (χ2n) is 2.83. The van der Waals surface area contributed by atoms with E-state index in [-0.39, 0.29) is 5.95 Å². The van der Waals surface area contributed by atoms with Gasteiger partial charge in [0.05, 0.1) is 10.7 Å². The Labute approximate surface area is 96.3 Å². The van der Waals surface area contributed by atoms with Crippen molar-refractivity contribution in [2.24, 2.45) is 0 Å². The van der Waals surface area contributed by atoms with E-state index in [0.717, 1.165) is 12.3 Å². The molecule has 0 radical (unpaired) electrons. The van der Waals surface area contributed by atoms with E-state index in [2.05, 4.69) is 31.0 Å². The van der Waals surface area contributed by atoms with Crippen LogP contribution in [0.25, 0.3) is 5.95 Å². The van der Waals surface area contributed by atoms with Crippen molar-refractivity contribution in [1.29, 1.82) is 0 Å². The van der Waals surface area contributed by atoms with Gasteiger partial charge in [-0.2, -0.15) is 23.0 Å². The molecular formula is C8H4BrF3N4. The lowest BCUT2D eigenvalue weighted by atomic mass is 10.4. The summed E-state index contributed by atoms with van der Waals surface area (Å²) in [4.78, 5) is 7.47. The lowest BCUT2D eigenvalue weighted by Crippen LogP contribution is -2.15. The quantitative estimate of drug-likeness (QED) is 0.811. The highest BCUT2D eigenvalue weighted by atomic mass is 79.9. The van der Waals surface area contributed by atoms with Gasteiger partial charge in [-0.15, -0.1) is 0 Å². The third-order valence-corrected chi connectivity index (χ3v) is 2.14. The lowest BCUT2D eigenvalue weighted by Gasteiger charge is -2.08. The summed E-state index contributed by atoms with van der Waals surface area (Å²) in [6, 6.07) is 0.866. The molecule has 0 bridgehead atoms. The molecule has 0 atom stereocenters. The van der Waals surface area contributed by atoms with E-state index in [1.165, 1.54) is 12.4 Å². The Bertz CT molecular complexity index is 491. The van der Waals surface area contributed by atoms with Gasteiger partial charge in [-0.1, -0.05) is 0 Å². The van der Waals surface area contributed by atoms with Crippen molar-refractivity contribution in [2.75, 3.05) is 0 Å². The maximum Gasteiger partial charge on any atom is 0.433 e. The first kappa shape index (κ1) is 11.1. The van der Waals surface area contributed by atoms with Crippen molar-refractivity contribution in [3.63, 3.8) is 0 Å². The third-order valence-electron chi connectivity index (χ3n) is 1.73. The highest BCUT2D eigenvalue weighted by Gasteiger charge is 2.35. The van der Waals surface area contributed by atoms with Gasteiger partial charge in [-0.3, -0.25) is 0 Å². The Hall–Kier alpha value is -1.44. The predicted molar refractivity (Wildman–Crippen MR) is 51.9 cm³/mol. The number of hydrogen-bond donors (Lipinski definition) is 0. The molecular weight excluding hydrogens is 289 g/mol. The van der Waals surface area contributed by atoms with Crippen molar-refractivity contribution < 1.29 is 13.2 Å². The molecule has 2 heterocycles. The van der Waals surface area contributed by atoms with Crippen LogP contribution < -0.4 is 0 Å². The molecule has 84 valence electrons. The van der Waals surface area contributed by atoms with Crippen molar-refractivity contribution in [2.45, 2.75) is 6.18 Å². The standard InChI is InChI=1S/C8H4BrF3N4/c9-5-3-13-7(14-4-5)16-6(1-2-15-16)8(10,11)12/h1-4H. The summed E-state index contributed by atoms with van der Waals surface area (Å²) in [7, 11) is 0. The molecule has 0 saturated heterocycles. The van der Waals surface area contributed by atoms with Crippen LogP contribution >= 0.6 is 15.9 Å². The van der Waals surface area contributed by atoms with Crippen LogP contribution in [-0.4, -0.2) is 19.7 Å². The minimum absolute atomic E-state index is 0.125. The van der Waals surface area contributed by atoms with Gasteiger partial charge >= 0.3 is 6.18 Å². The highest BCUT2D eigenvalue weighted by Crippen LogP contribution is 2.29. The first-order valence-electron chi connectivity index (χ1n) is 4.07. The van der Waals surface area contributed by atoms with E-state index >= 15 is 0 Å². The Morgan fingerprint density at radius 1 is 1.19 bits per heavy atom. The van der Waals surface area contributed by atoms with Crippen LogP contribution in [0.3, 0.4) is 0 Å². The van der Waals surface area contributed by atoms with Crippen LogP contribution in [0.2, 0.25) is 0 Å². The summed E-state index contributed by atoms with van der Waals surface area (Å²) in [6.45, 7) is 0. The van der Waals surface area contributed by atoms with Crippen molar-refractivity contribution in [3.8, 4) is 5.95 Å². The van der Waals surface area contributed by atoms with E-state index in [4.69, 9.17) is 0 Å². The maximum absolute atomic E-state index is 12.5. The Balaban J connectivity index is 2.49. The summed E-state index contributed by atoms with van der Waals surface area (Å²) in [5.74, 6) is -0.125. The zero-order chi connectivity index (χ0) is 11.8. The third kappa shape index (κ3) is 2.06. The molecule has 16 heavy (non-hydrogen) atoms. The number of hydrogen-bond acceptors (Lipinski definition) is 3. The molecule has 0 spiro atoms. The van der Waals surface area contributed by atoms with Gasteiger partial charge in [-0.25, -0.2) is 9.97 Å². The molecule has 0 amide bonds. The Morgan fingerprint density at radius 2 is 1.81 bits per heavy atom. The average molecular weight is 293 g/mol. The minimum atomic E-state index is -4.48. The zero-order valence-electron chi connectivity index (χ0n) is 7.61. The van der Waals surface area contributed by atoms with Gasteiger partial charge in [0.1, 0.15) is 0 Å². The van der Waals surface area contributed by atoms with E-state index in [1.807, 2.05) is 0 Å². The molecule has 2 aromatic heterocycles. The molecule has 0 aliphatic heterocycles. The molecule has 0 N–H and O–H groups in total. The number of rotatable bonds is 1. The normalized spacial score (nSPS) is 11.8. The second-order valence-corrected chi connectivity index (χ2v) is 3.74. The molecule has 4 nitrogen and oxygen atoms in total. The molecule has 0 aliphatic rings. The number of alkyl halides is 3. The largest absolute Gasteiger partial charge is 0.433 e. The lowest BCUT2D eigenvalue weighted by molar-refractivity contribution is -0.142. The summed E-state index contributed by atoms with van der Waals surface area (Å²) in [6.07, 6.45) is -0.727. The van der Waals surface area contributed by atoms with E-state index in [9.17, 15) is 13.2 Å². The van der Waals surface area contributed by atoms with Crippen LogP contribution in [0.5, 0.6) is 0 Å². The molecule has 0 fully saturated rings.